The number of nitrogens with zero attached hydrogens (tertiary/aromatic N) is 4. The van der Waals surface area contributed by atoms with Crippen LogP contribution in [0.4, 0.5) is 4.39 Å². The van der Waals surface area contributed by atoms with Gasteiger partial charge in [-0.1, -0.05) is 21.0 Å². The molecule has 14 nitrogen and oxygen atoms in total. The smallest absolute Gasteiger partial charge is 0.387 e. The number of aromatic amines is 1. The van der Waals surface area contributed by atoms with E-state index in [4.69, 9.17) is 23.8 Å². The largest absolute Gasteiger partial charge is 0.475 e. The molecule has 0 amide bonds. The van der Waals surface area contributed by atoms with Crippen molar-refractivity contribution in [3.8, 4) is 0 Å². The average molecular weight is 578 g/mol. The minimum absolute atomic E-state index is 0.0912. The van der Waals surface area contributed by atoms with Crippen LogP contribution >= 0.6 is 23.8 Å². The summed E-state index contributed by atoms with van der Waals surface area (Å²) in [5.41, 5.74) is 5.35. The zero-order chi connectivity index (χ0) is 25.4. The molecule has 17 heteroatoms. The number of hydrogen-bond donors (Lipinski definition) is 3. The number of phosphoric ester groups is 1. The summed E-state index contributed by atoms with van der Waals surface area (Å²) in [5.74, 6) is -0.553. The number of ether oxygens (including phenoxy) is 1. The van der Waals surface area contributed by atoms with E-state index in [2.05, 4.69) is 26.0 Å². The monoisotopic (exact) mass is 577 g/mol. The number of aromatic nitrogens is 2. The van der Waals surface area contributed by atoms with Gasteiger partial charge in [0.05, 0.1) is 19.3 Å². The van der Waals surface area contributed by atoms with E-state index in [0.717, 1.165) is 16.8 Å². The Hall–Kier alpha value is -2.39. The van der Waals surface area contributed by atoms with Gasteiger partial charge in [0, 0.05) is 28.1 Å². The maximum atomic E-state index is 13.8. The Labute approximate surface area is 203 Å². The molecule has 0 saturated carbocycles. The highest BCUT2D eigenvalue weighted by Gasteiger charge is 2.56. The van der Waals surface area contributed by atoms with Crippen LogP contribution in [0.2, 0.25) is 0 Å². The molecule has 0 spiro atoms. The van der Waals surface area contributed by atoms with E-state index < -0.39 is 61.8 Å². The van der Waals surface area contributed by atoms with Crippen molar-refractivity contribution in [3.63, 3.8) is 0 Å². The molecular formula is C18H18BrFN5O9P. The molecule has 2 aromatic rings. The van der Waals surface area contributed by atoms with Gasteiger partial charge in [-0.25, -0.2) is 13.8 Å². The molecule has 2 fully saturated rings. The van der Waals surface area contributed by atoms with E-state index in [1.807, 2.05) is 4.98 Å². The maximum absolute atomic E-state index is 13.8. The molecule has 6 atom stereocenters. The number of aliphatic hydroxyl groups excluding tert-OH is 2. The summed E-state index contributed by atoms with van der Waals surface area (Å²) in [6.07, 6.45) is -5.02. The van der Waals surface area contributed by atoms with Crippen molar-refractivity contribution in [2.24, 2.45) is 5.11 Å². The minimum atomic E-state index is -4.35. The lowest BCUT2D eigenvalue weighted by Crippen LogP contribution is -2.45. The first-order chi connectivity index (χ1) is 16.6. The van der Waals surface area contributed by atoms with E-state index in [0.29, 0.717) is 10.0 Å². The molecule has 2 saturated heterocycles. The Kier molecular flexibility index (Phi) is 7.29. The Balaban J connectivity index is 1.56. The van der Waals surface area contributed by atoms with E-state index in [9.17, 15) is 28.8 Å². The Morgan fingerprint density at radius 2 is 2.17 bits per heavy atom. The summed E-state index contributed by atoms with van der Waals surface area (Å²) in [4.78, 5) is 28.0. The molecule has 4 rings (SSSR count). The van der Waals surface area contributed by atoms with Crippen LogP contribution in [0.15, 0.2) is 49.6 Å². The van der Waals surface area contributed by atoms with E-state index in [1.54, 1.807) is 6.07 Å². The summed E-state index contributed by atoms with van der Waals surface area (Å²) in [6, 6.07) is 4.97. The van der Waals surface area contributed by atoms with E-state index in [-0.39, 0.29) is 13.0 Å². The minimum Gasteiger partial charge on any atom is -0.387 e. The van der Waals surface area contributed by atoms with Crippen LogP contribution < -0.4 is 11.2 Å². The van der Waals surface area contributed by atoms with Crippen molar-refractivity contribution in [2.45, 2.75) is 36.7 Å². The van der Waals surface area contributed by atoms with Gasteiger partial charge in [0.1, 0.15) is 18.0 Å². The predicted molar refractivity (Wildman–Crippen MR) is 117 cm³/mol. The van der Waals surface area contributed by atoms with Gasteiger partial charge >= 0.3 is 13.5 Å². The van der Waals surface area contributed by atoms with Gasteiger partial charge in [0.2, 0.25) is 5.72 Å². The lowest BCUT2D eigenvalue weighted by Gasteiger charge is -2.32. The Morgan fingerprint density at radius 1 is 1.40 bits per heavy atom. The number of nitrogens with one attached hydrogen (secondary N) is 1. The van der Waals surface area contributed by atoms with Crippen molar-refractivity contribution in [2.75, 3.05) is 13.2 Å². The van der Waals surface area contributed by atoms with Gasteiger partial charge in [-0.3, -0.25) is 27.9 Å². The molecule has 0 unspecified atom stereocenters. The molecule has 0 radical (unpaired) electrons. The third kappa shape index (κ3) is 5.26. The molecule has 35 heavy (non-hydrogen) atoms. The van der Waals surface area contributed by atoms with Crippen molar-refractivity contribution < 1.29 is 37.5 Å². The van der Waals surface area contributed by atoms with Gasteiger partial charge in [0.25, 0.3) is 5.56 Å². The van der Waals surface area contributed by atoms with Crippen molar-refractivity contribution in [3.05, 3.63) is 77.6 Å². The highest BCUT2D eigenvalue weighted by Crippen LogP contribution is 2.58. The van der Waals surface area contributed by atoms with Crippen LogP contribution in [-0.2, 0) is 22.9 Å². The number of benzene rings is 1. The van der Waals surface area contributed by atoms with Crippen molar-refractivity contribution in [1.82, 2.24) is 9.55 Å². The van der Waals surface area contributed by atoms with Crippen LogP contribution in [0.5, 0.6) is 0 Å². The van der Waals surface area contributed by atoms with Gasteiger partial charge < -0.3 is 14.9 Å². The van der Waals surface area contributed by atoms with Crippen LogP contribution in [0, 0.1) is 5.82 Å². The third-order valence-electron chi connectivity index (χ3n) is 5.31. The van der Waals surface area contributed by atoms with Crippen LogP contribution in [-0.4, -0.2) is 50.9 Å². The number of H-pyrrole nitrogens is 1. The van der Waals surface area contributed by atoms with E-state index >= 15 is 0 Å². The Bertz CT molecular complexity index is 1310. The molecule has 0 bridgehead atoms. The normalized spacial score (nSPS) is 32.8. The molecule has 0 aliphatic carbocycles. The first-order valence-corrected chi connectivity index (χ1v) is 12.3. The van der Waals surface area contributed by atoms with Gasteiger partial charge in [0.15, 0.2) is 6.23 Å². The fourth-order valence-electron chi connectivity index (χ4n) is 3.67. The molecule has 1 aromatic heterocycles. The summed E-state index contributed by atoms with van der Waals surface area (Å²) < 4.78 is 49.5. The van der Waals surface area contributed by atoms with Gasteiger partial charge in [-0.15, -0.1) is 0 Å². The summed E-state index contributed by atoms with van der Waals surface area (Å²) in [6.45, 7) is -1.01. The van der Waals surface area contributed by atoms with E-state index in [1.165, 1.54) is 12.1 Å². The maximum Gasteiger partial charge on any atom is 0.475 e. The van der Waals surface area contributed by atoms with Gasteiger partial charge in [-0.2, -0.15) is 0 Å². The van der Waals surface area contributed by atoms with Crippen LogP contribution in [0.25, 0.3) is 10.4 Å². The molecule has 3 heterocycles. The second kappa shape index (κ2) is 9.93. The molecule has 1 aromatic carbocycles. The number of azide groups is 1. The first-order valence-electron chi connectivity index (χ1n) is 10.0. The molecular weight excluding hydrogens is 560 g/mol. The van der Waals surface area contributed by atoms with Crippen molar-refractivity contribution >= 4 is 23.8 Å². The second-order valence-corrected chi connectivity index (χ2v) is 10.2. The topological polar surface area (TPSA) is 198 Å². The lowest BCUT2D eigenvalue weighted by atomic mass is 10.1. The lowest BCUT2D eigenvalue weighted by molar-refractivity contribution is -0.127. The quantitative estimate of drug-likeness (QED) is 0.199. The fraction of sp³-hybridized carbons (Fsp3) is 0.444. The van der Waals surface area contributed by atoms with Crippen LogP contribution in [0.1, 0.15) is 24.3 Å². The highest BCUT2D eigenvalue weighted by molar-refractivity contribution is 9.10. The number of hydrogen-bond acceptors (Lipinski definition) is 10. The summed E-state index contributed by atoms with van der Waals surface area (Å²) in [5, 5.41) is 24.4. The SMILES string of the molecule is [N-]=[N+]=N[C@]1(CO[P@]2(=O)OCC[C@H](c3cc(F)cc(Br)c3)O2)O[C@@H](n2ccc(=O)[nH]c2=O)[C@H](O)[C@@H]1O. The van der Waals surface area contributed by atoms with Gasteiger partial charge in [-0.05, 0) is 29.3 Å². The molecule has 3 N–H and O–H groups in total. The number of halogens is 2. The summed E-state index contributed by atoms with van der Waals surface area (Å²) in [7, 11) is -4.35. The zero-order valence-electron chi connectivity index (χ0n) is 17.6. The molecule has 188 valence electrons. The molecule has 2 aliphatic heterocycles. The average Bonchev–Trinajstić information content (AvgIpc) is 3.03. The summed E-state index contributed by atoms with van der Waals surface area (Å²) >= 11 is 3.17. The fourth-order valence-corrected chi connectivity index (χ4v) is 5.56. The zero-order valence-corrected chi connectivity index (χ0v) is 20.0. The second-order valence-electron chi connectivity index (χ2n) is 7.63. The van der Waals surface area contributed by atoms with Crippen LogP contribution in [0.3, 0.4) is 0 Å². The molecule has 2 aliphatic rings. The Morgan fingerprint density at radius 3 is 2.86 bits per heavy atom. The first kappa shape index (κ1) is 25.7. The van der Waals surface area contributed by atoms with Crippen molar-refractivity contribution in [1.29, 1.82) is 0 Å². The number of rotatable bonds is 6. The number of aliphatic hydroxyl groups is 2. The third-order valence-corrected chi connectivity index (χ3v) is 7.23. The number of phosphoric acid groups is 1. The highest BCUT2D eigenvalue weighted by atomic mass is 79.9. The standard InChI is InChI=1S/C18H18BrFN5O9P/c19-10-5-9(6-11(20)7-10)12-2-4-31-35(30,34-12)32-8-18(23-24-21)15(28)14(27)16(33-18)25-3-1-13(26)22-17(25)29/h1,3,5-7,12,14-16,27-28H,2,4,8H2,(H,22,26,29)/t12-,14-,15+,16-,18-,35+/m1/s1. The predicted octanol–water partition coefficient (Wildman–Crippen LogP) is 2.00.